The van der Waals surface area contributed by atoms with Crippen molar-refractivity contribution in [3.63, 3.8) is 0 Å². The Morgan fingerprint density at radius 2 is 1.37 bits per heavy atom. The molecule has 0 radical (unpaired) electrons. The van der Waals surface area contributed by atoms with Gasteiger partial charge in [-0.05, 0) is 48.9 Å². The van der Waals surface area contributed by atoms with Crippen molar-refractivity contribution in [2.75, 3.05) is 7.11 Å². The molecular formula is C17H16O2. The topological polar surface area (TPSA) is 29.5 Å². The molecule has 2 rings (SSSR count). The highest BCUT2D eigenvalue weighted by Gasteiger charge is 1.98. The second-order valence-electron chi connectivity index (χ2n) is 4.28. The monoisotopic (exact) mass is 252 g/mol. The van der Waals surface area contributed by atoms with Gasteiger partial charge in [0.2, 0.25) is 0 Å². The van der Waals surface area contributed by atoms with Gasteiger partial charge in [-0.2, -0.15) is 0 Å². The van der Waals surface area contributed by atoms with Gasteiger partial charge in [0, 0.05) is 11.1 Å². The van der Waals surface area contributed by atoms with Gasteiger partial charge in [-0.15, -0.1) is 0 Å². The Morgan fingerprint density at radius 3 is 1.79 bits per heavy atom. The molecule has 0 bridgehead atoms. The largest absolute Gasteiger partial charge is 0.497 e. The number of benzene rings is 2. The van der Waals surface area contributed by atoms with Crippen LogP contribution in [0.5, 0.6) is 5.75 Å². The van der Waals surface area contributed by atoms with E-state index in [-0.39, 0.29) is 0 Å². The molecule has 0 heterocycles. The average Bonchev–Trinajstić information content (AvgIpc) is 2.46. The van der Waals surface area contributed by atoms with Gasteiger partial charge in [-0.1, -0.05) is 24.0 Å². The van der Waals surface area contributed by atoms with Crippen molar-refractivity contribution in [1.82, 2.24) is 0 Å². The Kier molecular flexibility index (Phi) is 4.22. The fraction of sp³-hybridized carbons (Fsp3) is 0.176. The van der Waals surface area contributed by atoms with Crippen LogP contribution in [-0.2, 0) is 0 Å². The van der Waals surface area contributed by atoms with Crippen LogP contribution in [0.1, 0.15) is 29.7 Å². The van der Waals surface area contributed by atoms with Gasteiger partial charge >= 0.3 is 0 Å². The fourth-order valence-corrected chi connectivity index (χ4v) is 1.66. The quantitative estimate of drug-likeness (QED) is 0.832. The zero-order chi connectivity index (χ0) is 13.7. The van der Waals surface area contributed by atoms with Crippen LogP contribution in [0, 0.1) is 11.8 Å². The predicted octanol–water partition coefficient (Wildman–Crippen LogP) is 3.15. The smallest absolute Gasteiger partial charge is 0.118 e. The summed E-state index contributed by atoms with van der Waals surface area (Å²) < 4.78 is 5.10. The maximum Gasteiger partial charge on any atom is 0.118 e. The van der Waals surface area contributed by atoms with Crippen molar-refractivity contribution in [2.24, 2.45) is 0 Å². The number of methoxy groups -OCH3 is 1. The molecule has 2 aromatic rings. The van der Waals surface area contributed by atoms with Gasteiger partial charge in [-0.25, -0.2) is 0 Å². The summed E-state index contributed by atoms with van der Waals surface area (Å²) in [6, 6.07) is 15.2. The first-order chi connectivity index (χ1) is 9.19. The number of rotatable bonds is 2. The molecule has 2 heteroatoms. The van der Waals surface area contributed by atoms with Crippen LogP contribution < -0.4 is 4.74 Å². The molecule has 0 fully saturated rings. The summed E-state index contributed by atoms with van der Waals surface area (Å²) in [6.07, 6.45) is -0.441. The van der Waals surface area contributed by atoms with Crippen LogP contribution in [0.25, 0.3) is 0 Å². The van der Waals surface area contributed by atoms with Crippen LogP contribution in [0.4, 0.5) is 0 Å². The first-order valence-electron chi connectivity index (χ1n) is 6.13. The van der Waals surface area contributed by atoms with E-state index in [1.165, 1.54) is 0 Å². The van der Waals surface area contributed by atoms with Crippen LogP contribution in [-0.4, -0.2) is 12.2 Å². The van der Waals surface area contributed by atoms with Crippen LogP contribution in [0.3, 0.4) is 0 Å². The molecule has 2 aromatic carbocycles. The second-order valence-corrected chi connectivity index (χ2v) is 4.28. The molecule has 0 saturated heterocycles. The highest BCUT2D eigenvalue weighted by Crippen LogP contribution is 2.13. The van der Waals surface area contributed by atoms with Gasteiger partial charge in [0.25, 0.3) is 0 Å². The molecule has 0 saturated carbocycles. The van der Waals surface area contributed by atoms with Crippen LogP contribution in [0.2, 0.25) is 0 Å². The summed E-state index contributed by atoms with van der Waals surface area (Å²) in [5.74, 6) is 7.01. The van der Waals surface area contributed by atoms with Crippen LogP contribution in [0.15, 0.2) is 48.5 Å². The number of hydrogen-bond acceptors (Lipinski definition) is 2. The number of ether oxygens (including phenoxy) is 1. The Balaban J connectivity index is 2.14. The van der Waals surface area contributed by atoms with Crippen molar-refractivity contribution in [2.45, 2.75) is 13.0 Å². The molecule has 0 spiro atoms. The highest BCUT2D eigenvalue weighted by atomic mass is 16.5. The number of aliphatic hydroxyl groups excluding tert-OH is 1. The standard InChI is InChI=1S/C17H16O2/c1-13(18)16-9-5-14(6-10-16)3-4-15-7-11-17(19-2)12-8-15/h5-13,18H,1-2H3/t13-/m0/s1. The summed E-state index contributed by atoms with van der Waals surface area (Å²) in [6.45, 7) is 1.75. The second kappa shape index (κ2) is 6.08. The van der Waals surface area contributed by atoms with E-state index in [4.69, 9.17) is 4.74 Å². The van der Waals surface area contributed by atoms with Gasteiger partial charge in [-0.3, -0.25) is 0 Å². The third-order valence-corrected chi connectivity index (χ3v) is 2.83. The lowest BCUT2D eigenvalue weighted by molar-refractivity contribution is 0.199. The van der Waals surface area contributed by atoms with Gasteiger partial charge < -0.3 is 9.84 Å². The van der Waals surface area contributed by atoms with Crippen LogP contribution >= 0.6 is 0 Å². The lowest BCUT2D eigenvalue weighted by Gasteiger charge is -2.03. The van der Waals surface area contributed by atoms with E-state index in [2.05, 4.69) is 11.8 Å². The Labute approximate surface area is 113 Å². The van der Waals surface area contributed by atoms with E-state index in [9.17, 15) is 5.11 Å². The summed E-state index contributed by atoms with van der Waals surface area (Å²) in [5, 5.41) is 9.42. The van der Waals surface area contributed by atoms with Crippen molar-refractivity contribution in [1.29, 1.82) is 0 Å². The summed E-state index contributed by atoms with van der Waals surface area (Å²) in [5.41, 5.74) is 2.77. The normalized spacial score (nSPS) is 11.3. The number of aliphatic hydroxyl groups is 1. The minimum Gasteiger partial charge on any atom is -0.497 e. The molecule has 0 aliphatic rings. The van der Waals surface area contributed by atoms with Crippen molar-refractivity contribution in [3.8, 4) is 17.6 Å². The van der Waals surface area contributed by atoms with Crippen molar-refractivity contribution < 1.29 is 9.84 Å². The summed E-state index contributed by atoms with van der Waals surface area (Å²) >= 11 is 0. The Bertz CT molecular complexity index is 584. The molecule has 0 unspecified atom stereocenters. The molecule has 96 valence electrons. The van der Waals surface area contributed by atoms with E-state index in [0.717, 1.165) is 22.4 Å². The highest BCUT2D eigenvalue weighted by molar-refractivity contribution is 5.44. The van der Waals surface area contributed by atoms with E-state index in [0.29, 0.717) is 0 Å². The van der Waals surface area contributed by atoms with Gasteiger partial charge in [0.1, 0.15) is 5.75 Å². The number of hydrogen-bond donors (Lipinski definition) is 1. The van der Waals surface area contributed by atoms with Gasteiger partial charge in [0.05, 0.1) is 13.2 Å². The zero-order valence-electron chi connectivity index (χ0n) is 11.1. The van der Waals surface area contributed by atoms with Crippen molar-refractivity contribution in [3.05, 3.63) is 65.2 Å². The molecule has 0 aliphatic carbocycles. The molecular weight excluding hydrogens is 236 g/mol. The van der Waals surface area contributed by atoms with Gasteiger partial charge in [0.15, 0.2) is 0 Å². The molecule has 2 nitrogen and oxygen atoms in total. The third kappa shape index (κ3) is 3.61. The lowest BCUT2D eigenvalue weighted by atomic mass is 10.1. The van der Waals surface area contributed by atoms with E-state index >= 15 is 0 Å². The molecule has 19 heavy (non-hydrogen) atoms. The maximum absolute atomic E-state index is 9.42. The third-order valence-electron chi connectivity index (χ3n) is 2.83. The predicted molar refractivity (Wildman–Crippen MR) is 76.0 cm³/mol. The molecule has 1 N–H and O–H groups in total. The minimum absolute atomic E-state index is 0.441. The minimum atomic E-state index is -0.441. The zero-order valence-corrected chi connectivity index (χ0v) is 11.1. The van der Waals surface area contributed by atoms with Crippen molar-refractivity contribution >= 4 is 0 Å². The van der Waals surface area contributed by atoms with E-state index in [1.54, 1.807) is 14.0 Å². The fourth-order valence-electron chi connectivity index (χ4n) is 1.66. The Hall–Kier alpha value is -2.24. The first kappa shape index (κ1) is 13.2. The SMILES string of the molecule is COc1ccc(C#Cc2ccc([C@H](C)O)cc2)cc1. The lowest BCUT2D eigenvalue weighted by Crippen LogP contribution is -1.89. The maximum atomic E-state index is 9.42. The molecule has 0 amide bonds. The summed E-state index contributed by atoms with van der Waals surface area (Å²) in [7, 11) is 1.64. The molecule has 0 aromatic heterocycles. The molecule has 1 atom stereocenters. The first-order valence-corrected chi connectivity index (χ1v) is 6.13. The van der Waals surface area contributed by atoms with E-state index in [1.807, 2.05) is 48.5 Å². The Morgan fingerprint density at radius 1 is 0.895 bits per heavy atom. The van der Waals surface area contributed by atoms with E-state index < -0.39 is 6.10 Å². The summed E-state index contributed by atoms with van der Waals surface area (Å²) in [4.78, 5) is 0. The average molecular weight is 252 g/mol. The molecule has 0 aliphatic heterocycles.